The molecular formula is C21H20ClN3O4S. The summed E-state index contributed by atoms with van der Waals surface area (Å²) < 4.78 is 34.8. The number of sulfonamides is 1. The molecule has 3 aromatic rings. The van der Waals surface area contributed by atoms with E-state index in [1.807, 2.05) is 12.1 Å². The van der Waals surface area contributed by atoms with E-state index in [1.54, 1.807) is 43.6 Å². The van der Waals surface area contributed by atoms with Crippen molar-refractivity contribution in [2.45, 2.75) is 37.8 Å². The van der Waals surface area contributed by atoms with Gasteiger partial charge in [0.25, 0.3) is 0 Å². The fourth-order valence-electron chi connectivity index (χ4n) is 2.94. The Hall–Kier alpha value is -2.86. The van der Waals surface area contributed by atoms with Crippen LogP contribution < -0.4 is 4.72 Å². The van der Waals surface area contributed by atoms with Gasteiger partial charge in [0.05, 0.1) is 21.7 Å². The van der Waals surface area contributed by atoms with Crippen LogP contribution in [0.3, 0.4) is 0 Å². The van der Waals surface area contributed by atoms with Crippen molar-refractivity contribution in [3.63, 3.8) is 0 Å². The summed E-state index contributed by atoms with van der Waals surface area (Å²) in [6, 6.07) is 11.5. The maximum absolute atomic E-state index is 12.6. The topological polar surface area (TPSA) is 101 Å². The largest absolute Gasteiger partial charge is 0.457 e. The summed E-state index contributed by atoms with van der Waals surface area (Å²) in [5, 5.41) is 9.44. The molecule has 7 nitrogen and oxygen atoms in total. The Morgan fingerprint density at radius 1 is 1.27 bits per heavy atom. The summed E-state index contributed by atoms with van der Waals surface area (Å²) in [5.41, 5.74) is 0.990. The Morgan fingerprint density at radius 3 is 2.67 bits per heavy atom. The summed E-state index contributed by atoms with van der Waals surface area (Å²) in [5.74, 6) is -0.724. The summed E-state index contributed by atoms with van der Waals surface area (Å²) in [4.78, 5) is 12.3. The van der Waals surface area contributed by atoms with E-state index in [4.69, 9.17) is 16.3 Å². The lowest BCUT2D eigenvalue weighted by molar-refractivity contribution is 0.0472. The number of carbonyl (C=O) groups excluding carboxylic acids is 1. The van der Waals surface area contributed by atoms with E-state index in [2.05, 4.69) is 10.8 Å². The number of esters is 1. The van der Waals surface area contributed by atoms with Crippen LogP contribution in [-0.4, -0.2) is 24.3 Å². The summed E-state index contributed by atoms with van der Waals surface area (Å²) in [7, 11) is -3.94. The van der Waals surface area contributed by atoms with E-state index < -0.39 is 21.5 Å². The standard InChI is InChI=1S/C21H20ClN3O4S/c1-21(2,3)24-30(27,28)19-10-14(7-8-17(19)22)20(26)29-13-15-12-25-9-5-4-6-18(25)16(15)11-23/h4-10,12,24H,13H2,1-3H3. The van der Waals surface area contributed by atoms with Crippen molar-refractivity contribution in [3.8, 4) is 6.07 Å². The predicted molar refractivity (Wildman–Crippen MR) is 113 cm³/mol. The molecule has 9 heteroatoms. The number of halogens is 1. The lowest BCUT2D eigenvalue weighted by atomic mass is 10.1. The number of aromatic nitrogens is 1. The van der Waals surface area contributed by atoms with Gasteiger partial charge in [0.1, 0.15) is 17.6 Å². The number of benzene rings is 1. The average molecular weight is 446 g/mol. The number of rotatable bonds is 5. The molecule has 1 aromatic carbocycles. The normalized spacial score (nSPS) is 12.0. The highest BCUT2D eigenvalue weighted by atomic mass is 35.5. The third-order valence-electron chi connectivity index (χ3n) is 4.13. The molecule has 30 heavy (non-hydrogen) atoms. The van der Waals surface area contributed by atoms with E-state index >= 15 is 0 Å². The van der Waals surface area contributed by atoms with Crippen molar-refractivity contribution in [1.82, 2.24) is 9.12 Å². The molecule has 3 rings (SSSR count). The van der Waals surface area contributed by atoms with Crippen LogP contribution in [0, 0.1) is 11.3 Å². The fraction of sp³-hybridized carbons (Fsp3) is 0.238. The Kier molecular flexibility index (Phi) is 5.90. The minimum Gasteiger partial charge on any atom is -0.457 e. The molecule has 0 atom stereocenters. The van der Waals surface area contributed by atoms with Crippen molar-refractivity contribution < 1.29 is 17.9 Å². The van der Waals surface area contributed by atoms with Gasteiger partial charge in [-0.1, -0.05) is 17.7 Å². The van der Waals surface area contributed by atoms with Gasteiger partial charge in [0.15, 0.2) is 0 Å². The number of nitrogens with zero attached hydrogens (tertiary/aromatic N) is 2. The van der Waals surface area contributed by atoms with Crippen LogP contribution in [0.4, 0.5) is 0 Å². The smallest absolute Gasteiger partial charge is 0.338 e. The van der Waals surface area contributed by atoms with Gasteiger partial charge in [0.2, 0.25) is 10.0 Å². The van der Waals surface area contributed by atoms with E-state index in [9.17, 15) is 18.5 Å². The first-order valence-corrected chi connectivity index (χ1v) is 10.9. The molecule has 156 valence electrons. The van der Waals surface area contributed by atoms with Crippen molar-refractivity contribution >= 4 is 33.1 Å². The quantitative estimate of drug-likeness (QED) is 0.600. The monoisotopic (exact) mass is 445 g/mol. The second-order valence-corrected chi connectivity index (χ2v) is 9.77. The molecule has 0 saturated carbocycles. The van der Waals surface area contributed by atoms with Crippen LogP contribution >= 0.6 is 11.6 Å². The van der Waals surface area contributed by atoms with Gasteiger partial charge in [0, 0.05) is 23.5 Å². The minimum atomic E-state index is -3.94. The van der Waals surface area contributed by atoms with E-state index in [1.165, 1.54) is 18.2 Å². The average Bonchev–Trinajstić information content (AvgIpc) is 3.01. The van der Waals surface area contributed by atoms with Gasteiger partial charge >= 0.3 is 5.97 Å². The Bertz CT molecular complexity index is 1270. The summed E-state index contributed by atoms with van der Waals surface area (Å²) in [6.45, 7) is 4.97. The first-order chi connectivity index (χ1) is 14.0. The zero-order valence-electron chi connectivity index (χ0n) is 16.6. The Balaban J connectivity index is 1.84. The molecule has 2 aromatic heterocycles. The second kappa shape index (κ2) is 8.11. The minimum absolute atomic E-state index is 0.00579. The predicted octanol–water partition coefficient (Wildman–Crippen LogP) is 3.90. The van der Waals surface area contributed by atoms with Crippen LogP contribution in [0.25, 0.3) is 5.52 Å². The van der Waals surface area contributed by atoms with E-state index in [-0.39, 0.29) is 22.1 Å². The molecule has 0 fully saturated rings. The molecule has 0 saturated heterocycles. The SMILES string of the molecule is CC(C)(C)NS(=O)(=O)c1cc(C(=O)OCc2cn3ccccc3c2C#N)ccc1Cl. The summed E-state index contributed by atoms with van der Waals surface area (Å²) in [6.07, 6.45) is 3.51. The van der Waals surface area contributed by atoms with Crippen LogP contribution in [0.2, 0.25) is 5.02 Å². The second-order valence-electron chi connectivity index (χ2n) is 7.71. The van der Waals surface area contributed by atoms with Crippen molar-refractivity contribution in [1.29, 1.82) is 5.26 Å². The molecule has 0 radical (unpaired) electrons. The molecule has 0 aliphatic carbocycles. The number of nitrogens with one attached hydrogen (secondary N) is 1. The molecule has 1 N–H and O–H groups in total. The summed E-state index contributed by atoms with van der Waals surface area (Å²) >= 11 is 6.06. The zero-order valence-corrected chi connectivity index (χ0v) is 18.2. The van der Waals surface area contributed by atoms with Crippen LogP contribution in [0.1, 0.15) is 42.3 Å². The van der Waals surface area contributed by atoms with Gasteiger partial charge in [-0.3, -0.25) is 0 Å². The highest BCUT2D eigenvalue weighted by Crippen LogP contribution is 2.25. The van der Waals surface area contributed by atoms with Crippen molar-refractivity contribution in [3.05, 3.63) is 70.5 Å². The van der Waals surface area contributed by atoms with Gasteiger partial charge in [-0.2, -0.15) is 5.26 Å². The molecule has 0 aliphatic rings. The van der Waals surface area contributed by atoms with Gasteiger partial charge < -0.3 is 9.14 Å². The lowest BCUT2D eigenvalue weighted by Gasteiger charge is -2.21. The Morgan fingerprint density at radius 2 is 2.00 bits per heavy atom. The highest BCUT2D eigenvalue weighted by Gasteiger charge is 2.25. The molecule has 0 aliphatic heterocycles. The number of ether oxygens (including phenoxy) is 1. The van der Waals surface area contributed by atoms with Crippen molar-refractivity contribution in [2.24, 2.45) is 0 Å². The molecule has 0 spiro atoms. The zero-order chi connectivity index (χ0) is 22.1. The molecule has 0 amide bonds. The van der Waals surface area contributed by atoms with Gasteiger partial charge in [-0.25, -0.2) is 17.9 Å². The highest BCUT2D eigenvalue weighted by molar-refractivity contribution is 7.89. The molecule has 0 unspecified atom stereocenters. The van der Waals surface area contributed by atoms with E-state index in [0.717, 1.165) is 0 Å². The number of hydrogen-bond acceptors (Lipinski definition) is 5. The van der Waals surface area contributed by atoms with Crippen LogP contribution in [-0.2, 0) is 21.4 Å². The Labute approximate surface area is 179 Å². The number of pyridine rings is 1. The maximum Gasteiger partial charge on any atom is 0.338 e. The number of carbonyl (C=O) groups is 1. The van der Waals surface area contributed by atoms with Gasteiger partial charge in [-0.15, -0.1) is 0 Å². The first kappa shape index (κ1) is 21.8. The third kappa shape index (κ3) is 4.65. The van der Waals surface area contributed by atoms with Crippen LogP contribution in [0.15, 0.2) is 53.7 Å². The number of hydrogen-bond donors (Lipinski definition) is 1. The lowest BCUT2D eigenvalue weighted by Crippen LogP contribution is -2.40. The van der Waals surface area contributed by atoms with E-state index in [0.29, 0.717) is 16.6 Å². The fourth-order valence-corrected chi connectivity index (χ4v) is 4.88. The molecular weight excluding hydrogens is 426 g/mol. The van der Waals surface area contributed by atoms with Gasteiger partial charge in [-0.05, 0) is 51.1 Å². The number of fused-ring (bicyclic) bond motifs is 1. The first-order valence-electron chi connectivity index (χ1n) is 9.01. The molecule has 2 heterocycles. The molecule has 0 bridgehead atoms. The number of nitriles is 1. The van der Waals surface area contributed by atoms with Crippen molar-refractivity contribution in [2.75, 3.05) is 0 Å². The third-order valence-corrected chi connectivity index (χ3v) is 6.37. The maximum atomic E-state index is 12.6. The van der Waals surface area contributed by atoms with Crippen LogP contribution in [0.5, 0.6) is 0 Å².